The smallest absolute Gasteiger partial charge is 0.259 e. The topological polar surface area (TPSA) is 59.7 Å². The number of hydrogen-bond donors (Lipinski definition) is 0. The van der Waals surface area contributed by atoms with Crippen molar-refractivity contribution in [3.05, 3.63) is 65.6 Å². The van der Waals surface area contributed by atoms with E-state index < -0.39 is 0 Å². The maximum atomic E-state index is 13.2. The number of ether oxygens (including phenoxy) is 1. The molecule has 1 aromatic carbocycles. The molecule has 0 radical (unpaired) electrons. The Balaban J connectivity index is 1.66. The fourth-order valence-corrected chi connectivity index (χ4v) is 3.37. The van der Waals surface area contributed by atoms with Gasteiger partial charge in [0.1, 0.15) is 11.7 Å². The summed E-state index contributed by atoms with van der Waals surface area (Å²) in [7, 11) is 0. The van der Waals surface area contributed by atoms with E-state index >= 15 is 0 Å². The van der Waals surface area contributed by atoms with Crippen molar-refractivity contribution in [3.8, 4) is 0 Å². The average molecular weight is 336 g/mol. The molecular weight excluding hydrogens is 316 g/mol. The third-order valence-corrected chi connectivity index (χ3v) is 4.50. The summed E-state index contributed by atoms with van der Waals surface area (Å²) < 4.78 is 7.71. The van der Waals surface area contributed by atoms with Gasteiger partial charge >= 0.3 is 0 Å². The molecule has 6 nitrogen and oxygen atoms in total. The zero-order valence-corrected chi connectivity index (χ0v) is 14.3. The van der Waals surface area contributed by atoms with Gasteiger partial charge in [-0.3, -0.25) is 4.79 Å². The third kappa shape index (κ3) is 2.89. The van der Waals surface area contributed by atoms with Crippen molar-refractivity contribution in [2.24, 2.45) is 0 Å². The number of nitrogens with zero attached hydrogens (tertiary/aromatic N) is 4. The van der Waals surface area contributed by atoms with E-state index in [1.165, 1.54) is 0 Å². The predicted octanol–water partition coefficient (Wildman–Crippen LogP) is 2.64. The van der Waals surface area contributed by atoms with Gasteiger partial charge < -0.3 is 9.64 Å². The number of rotatable bonds is 2. The van der Waals surface area contributed by atoms with Crippen LogP contribution in [0.3, 0.4) is 0 Å². The second-order valence-electron chi connectivity index (χ2n) is 6.40. The van der Waals surface area contributed by atoms with Crippen LogP contribution >= 0.6 is 0 Å². The molecule has 0 saturated carbocycles. The number of hydrogen-bond acceptors (Lipinski definition) is 4. The summed E-state index contributed by atoms with van der Waals surface area (Å²) in [4.78, 5) is 19.4. The molecule has 4 rings (SSSR count). The summed E-state index contributed by atoms with van der Waals surface area (Å²) in [5.74, 6) is -0.0396. The highest BCUT2D eigenvalue weighted by Crippen LogP contribution is 2.27. The van der Waals surface area contributed by atoms with Gasteiger partial charge in [0.2, 0.25) is 0 Å². The van der Waals surface area contributed by atoms with Crippen LogP contribution in [-0.4, -0.2) is 44.6 Å². The molecule has 2 atom stereocenters. The summed E-state index contributed by atoms with van der Waals surface area (Å²) in [6.07, 6.45) is 3.34. The minimum atomic E-state index is -0.121. The Morgan fingerprint density at radius 1 is 1.20 bits per heavy atom. The summed E-state index contributed by atoms with van der Waals surface area (Å²) >= 11 is 0. The Morgan fingerprint density at radius 2 is 2.00 bits per heavy atom. The van der Waals surface area contributed by atoms with Crippen LogP contribution < -0.4 is 0 Å². The first-order valence-electron chi connectivity index (χ1n) is 8.43. The standard InChI is InChI=1S/C19H20N4O2/c1-13-11-22(12-16(25-13)15-7-4-3-5-8-15)19(24)17-14(2)21-23-10-6-9-20-18(17)23/h3-10,13,16H,11-12H2,1-2H3. The number of carbonyl (C=O) groups is 1. The molecule has 1 aliphatic rings. The fraction of sp³-hybridized carbons (Fsp3) is 0.316. The molecule has 1 amide bonds. The second kappa shape index (κ2) is 6.29. The zero-order chi connectivity index (χ0) is 17.4. The lowest BCUT2D eigenvalue weighted by atomic mass is 10.1. The first kappa shape index (κ1) is 15.8. The maximum absolute atomic E-state index is 13.2. The molecule has 0 N–H and O–H groups in total. The van der Waals surface area contributed by atoms with Gasteiger partial charge in [0.15, 0.2) is 5.65 Å². The van der Waals surface area contributed by atoms with E-state index in [-0.39, 0.29) is 18.1 Å². The maximum Gasteiger partial charge on any atom is 0.259 e. The SMILES string of the molecule is Cc1nn2cccnc2c1C(=O)N1CC(C)OC(c2ccccc2)C1. The summed E-state index contributed by atoms with van der Waals surface area (Å²) in [5, 5.41) is 4.40. The first-order valence-corrected chi connectivity index (χ1v) is 8.43. The Kier molecular flexibility index (Phi) is 3.97. The lowest BCUT2D eigenvalue weighted by molar-refractivity contribution is -0.0691. The molecule has 2 unspecified atom stereocenters. The van der Waals surface area contributed by atoms with Crippen molar-refractivity contribution < 1.29 is 9.53 Å². The van der Waals surface area contributed by atoms with Crippen LogP contribution in [0.4, 0.5) is 0 Å². The van der Waals surface area contributed by atoms with Gasteiger partial charge in [-0.25, -0.2) is 9.50 Å². The Labute approximate surface area is 146 Å². The van der Waals surface area contributed by atoms with Crippen molar-refractivity contribution in [3.63, 3.8) is 0 Å². The average Bonchev–Trinajstić information content (AvgIpc) is 2.97. The highest BCUT2D eigenvalue weighted by Gasteiger charge is 2.32. The summed E-state index contributed by atoms with van der Waals surface area (Å²) in [6.45, 7) is 4.93. The van der Waals surface area contributed by atoms with Crippen LogP contribution in [0.2, 0.25) is 0 Å². The first-order chi connectivity index (χ1) is 12.1. The molecule has 3 aromatic rings. The molecule has 0 spiro atoms. The molecule has 0 bridgehead atoms. The van der Waals surface area contributed by atoms with E-state index in [1.807, 2.05) is 49.1 Å². The molecule has 1 saturated heterocycles. The number of benzene rings is 1. The minimum Gasteiger partial charge on any atom is -0.367 e. The third-order valence-electron chi connectivity index (χ3n) is 4.50. The molecule has 2 aromatic heterocycles. The monoisotopic (exact) mass is 336 g/mol. The zero-order valence-electron chi connectivity index (χ0n) is 14.3. The highest BCUT2D eigenvalue weighted by atomic mass is 16.5. The van der Waals surface area contributed by atoms with Crippen molar-refractivity contribution in [1.29, 1.82) is 0 Å². The van der Waals surface area contributed by atoms with E-state index in [0.717, 1.165) is 5.56 Å². The van der Waals surface area contributed by atoms with Crippen molar-refractivity contribution >= 4 is 11.6 Å². The highest BCUT2D eigenvalue weighted by molar-refractivity contribution is 6.01. The normalized spacial score (nSPS) is 20.8. The fourth-order valence-electron chi connectivity index (χ4n) is 3.37. The van der Waals surface area contributed by atoms with Crippen LogP contribution in [0.25, 0.3) is 5.65 Å². The lowest BCUT2D eigenvalue weighted by Crippen LogP contribution is -2.46. The number of carbonyl (C=O) groups excluding carboxylic acids is 1. The van der Waals surface area contributed by atoms with Crippen LogP contribution in [0, 0.1) is 6.92 Å². The molecule has 128 valence electrons. The number of amides is 1. The Hall–Kier alpha value is -2.73. The molecular formula is C19H20N4O2. The number of fused-ring (bicyclic) bond motifs is 1. The van der Waals surface area contributed by atoms with E-state index in [1.54, 1.807) is 23.0 Å². The molecule has 1 aliphatic heterocycles. The molecule has 25 heavy (non-hydrogen) atoms. The second-order valence-corrected chi connectivity index (χ2v) is 6.40. The van der Waals surface area contributed by atoms with Gasteiger partial charge in [-0.15, -0.1) is 0 Å². The van der Waals surface area contributed by atoms with Gasteiger partial charge in [0.05, 0.1) is 18.3 Å². The van der Waals surface area contributed by atoms with Gasteiger partial charge in [-0.1, -0.05) is 30.3 Å². The summed E-state index contributed by atoms with van der Waals surface area (Å²) in [5.41, 5.74) is 2.95. The van der Waals surface area contributed by atoms with Gasteiger partial charge in [-0.2, -0.15) is 5.10 Å². The number of aromatic nitrogens is 3. The van der Waals surface area contributed by atoms with E-state index in [9.17, 15) is 4.79 Å². The van der Waals surface area contributed by atoms with Gasteiger partial charge in [-0.05, 0) is 25.5 Å². The van der Waals surface area contributed by atoms with Crippen LogP contribution in [-0.2, 0) is 4.74 Å². The minimum absolute atomic E-state index is 0.0296. The van der Waals surface area contributed by atoms with E-state index in [2.05, 4.69) is 10.1 Å². The molecule has 3 heterocycles. The lowest BCUT2D eigenvalue weighted by Gasteiger charge is -2.37. The Bertz CT molecular complexity index is 906. The van der Waals surface area contributed by atoms with Crippen LogP contribution in [0.5, 0.6) is 0 Å². The molecule has 1 fully saturated rings. The number of aryl methyl sites for hydroxylation is 1. The van der Waals surface area contributed by atoms with Gasteiger partial charge in [0, 0.05) is 18.9 Å². The molecule has 0 aliphatic carbocycles. The van der Waals surface area contributed by atoms with Crippen LogP contribution in [0.15, 0.2) is 48.8 Å². The van der Waals surface area contributed by atoms with Crippen molar-refractivity contribution in [1.82, 2.24) is 19.5 Å². The molecule has 6 heteroatoms. The number of morpholine rings is 1. The van der Waals surface area contributed by atoms with E-state index in [0.29, 0.717) is 30.0 Å². The Morgan fingerprint density at radius 3 is 2.80 bits per heavy atom. The van der Waals surface area contributed by atoms with Crippen molar-refractivity contribution in [2.45, 2.75) is 26.1 Å². The van der Waals surface area contributed by atoms with Gasteiger partial charge in [0.25, 0.3) is 5.91 Å². The van der Waals surface area contributed by atoms with Crippen LogP contribution in [0.1, 0.15) is 34.6 Å². The quantitative estimate of drug-likeness (QED) is 0.722. The van der Waals surface area contributed by atoms with Crippen molar-refractivity contribution in [2.75, 3.05) is 13.1 Å². The summed E-state index contributed by atoms with van der Waals surface area (Å²) in [6, 6.07) is 11.8. The van der Waals surface area contributed by atoms with E-state index in [4.69, 9.17) is 4.74 Å². The predicted molar refractivity (Wildman–Crippen MR) is 93.4 cm³/mol. The largest absolute Gasteiger partial charge is 0.367 e.